The van der Waals surface area contributed by atoms with Crippen molar-refractivity contribution in [2.24, 2.45) is 0 Å². The fraction of sp³-hybridized carbons (Fsp3) is 0.652. The molecule has 0 spiro atoms. The maximum absolute atomic E-state index is 12.9. The van der Waals surface area contributed by atoms with Gasteiger partial charge in [-0.3, -0.25) is 18.6 Å². The van der Waals surface area contributed by atoms with Crippen molar-refractivity contribution in [1.29, 1.82) is 0 Å². The Kier molecular flexibility index (Phi) is 76.4. The molecule has 0 bridgehead atoms. The van der Waals surface area contributed by atoms with E-state index in [4.69, 9.17) is 18.5 Å². The van der Waals surface area contributed by atoms with E-state index in [9.17, 15) is 19.0 Å². The molecule has 1 N–H and O–H groups in total. The average Bonchev–Trinajstić information content (AvgIpc) is 0.916. The van der Waals surface area contributed by atoms with Crippen LogP contribution in [-0.2, 0) is 32.7 Å². The lowest BCUT2D eigenvalue weighted by molar-refractivity contribution is -0.870. The molecule has 0 radical (unpaired) electrons. The molecule has 2 atom stereocenters. The van der Waals surface area contributed by atoms with E-state index < -0.39 is 26.5 Å². The molecule has 0 fully saturated rings. The van der Waals surface area contributed by atoms with E-state index >= 15 is 0 Å². The predicted molar refractivity (Wildman–Crippen MR) is 445 cm³/mol. The van der Waals surface area contributed by atoms with E-state index in [-0.39, 0.29) is 32.0 Å². The van der Waals surface area contributed by atoms with Crippen LogP contribution in [0.4, 0.5) is 0 Å². The minimum atomic E-state index is -4.42. The lowest BCUT2D eigenvalue weighted by atomic mass is 10.0. The zero-order chi connectivity index (χ0) is 74.0. The fourth-order valence-corrected chi connectivity index (χ4v) is 11.9. The minimum absolute atomic E-state index is 0.0188. The van der Waals surface area contributed by atoms with Gasteiger partial charge in [0.2, 0.25) is 0 Å². The summed E-state index contributed by atoms with van der Waals surface area (Å²) in [4.78, 5) is 36.0. The van der Waals surface area contributed by atoms with E-state index in [0.717, 1.165) is 135 Å². The minimum Gasteiger partial charge on any atom is -0.462 e. The molecule has 0 saturated carbocycles. The average molecular weight is 1430 g/mol. The van der Waals surface area contributed by atoms with Crippen molar-refractivity contribution in [1.82, 2.24) is 0 Å². The predicted octanol–water partition coefficient (Wildman–Crippen LogP) is 28.2. The number of unbranched alkanes of at least 4 members (excludes halogenated alkanes) is 31. The summed E-state index contributed by atoms with van der Waals surface area (Å²) in [6.45, 7) is 4.29. The number of hydrogen-bond donors (Lipinski definition) is 1. The Morgan fingerprint density at radius 3 is 0.833 bits per heavy atom. The van der Waals surface area contributed by atoms with Gasteiger partial charge in [0.25, 0.3) is 0 Å². The highest BCUT2D eigenvalue weighted by Crippen LogP contribution is 2.43. The smallest absolute Gasteiger partial charge is 0.462 e. The largest absolute Gasteiger partial charge is 0.472 e. The van der Waals surface area contributed by atoms with Crippen LogP contribution in [0.5, 0.6) is 0 Å². The molecule has 0 aromatic rings. The third kappa shape index (κ3) is 84.1. The van der Waals surface area contributed by atoms with Crippen LogP contribution >= 0.6 is 7.82 Å². The maximum Gasteiger partial charge on any atom is 0.472 e. The van der Waals surface area contributed by atoms with Crippen molar-refractivity contribution in [2.75, 3.05) is 47.5 Å². The molecule has 9 nitrogen and oxygen atoms in total. The van der Waals surface area contributed by atoms with Gasteiger partial charge in [-0.2, -0.15) is 0 Å². The van der Waals surface area contributed by atoms with Crippen LogP contribution in [0.25, 0.3) is 0 Å². The molecule has 0 amide bonds. The number of nitrogens with zero attached hydrogens (tertiary/aromatic N) is 1. The molecule has 0 aliphatic carbocycles. The lowest BCUT2D eigenvalue weighted by Gasteiger charge is -2.24. The second-order valence-electron chi connectivity index (χ2n) is 28.4. The third-order valence-electron chi connectivity index (χ3n) is 17.4. The van der Waals surface area contributed by atoms with Gasteiger partial charge in [0.05, 0.1) is 27.7 Å². The Bertz CT molecular complexity index is 2390. The van der Waals surface area contributed by atoms with Gasteiger partial charge < -0.3 is 18.9 Å². The molecule has 102 heavy (non-hydrogen) atoms. The zero-order valence-corrected chi connectivity index (χ0v) is 67.2. The van der Waals surface area contributed by atoms with E-state index in [2.05, 4.69) is 196 Å². The summed E-state index contributed by atoms with van der Waals surface area (Å²) < 4.78 is 34.8. The van der Waals surface area contributed by atoms with E-state index in [0.29, 0.717) is 17.4 Å². The van der Waals surface area contributed by atoms with Crippen molar-refractivity contribution in [3.63, 3.8) is 0 Å². The first-order valence-electron chi connectivity index (χ1n) is 41.5. The molecule has 0 aromatic carbocycles. The molecule has 10 heteroatoms. The summed E-state index contributed by atoms with van der Waals surface area (Å²) in [6, 6.07) is 0. The lowest BCUT2D eigenvalue weighted by Crippen LogP contribution is -2.37. The molecule has 0 saturated heterocycles. The molecule has 0 aliphatic heterocycles. The van der Waals surface area contributed by atoms with E-state index in [1.165, 1.54) is 167 Å². The second kappa shape index (κ2) is 80.2. The summed E-state index contributed by atoms with van der Waals surface area (Å²) in [6.07, 6.45) is 123. The quantitative estimate of drug-likeness (QED) is 0.0211. The Labute approximate surface area is 629 Å². The molecule has 2 unspecified atom stereocenters. The summed E-state index contributed by atoms with van der Waals surface area (Å²) in [5.74, 6) is -0.827. The van der Waals surface area contributed by atoms with Gasteiger partial charge in [-0.15, -0.1) is 0 Å². The number of quaternary nitrogens is 1. The standard InChI is InChI=1S/C92H154NO8P/c1-6-8-10-12-14-16-18-20-22-24-26-28-30-32-34-36-38-40-42-44-45-46-47-49-51-53-55-57-59-61-63-65-67-69-71-73-75-77-79-81-83-85-92(95)101-90(89-100-102(96,97)99-87-86-93(3,4)5)88-98-91(94)84-82-80-78-76-74-72-70-68-66-64-62-60-58-56-54-52-50-48-43-41-39-37-35-33-31-29-27-25-23-21-19-17-15-13-11-9-7-2/h8,10,14,16,19-22,25-28,31-34,38,40,44-45,47,49,53,55,59,61,65,67,71,73,90H,6-7,9,11-13,15,17-18,23-24,29-30,35-37,39,41-43,46,48,50-52,54,56-58,60,62-64,66,68-70,72,74-89H2,1-5H3/p+1/b10-8-,16-14-,21-19-,22-20-,27-25-,28-26-,33-31-,34-32-,40-38-,45-44-,49-47-,55-53-,61-59-,67-65-,73-71-. The van der Waals surface area contributed by atoms with Gasteiger partial charge in [0.1, 0.15) is 19.8 Å². The Hall–Kier alpha value is -4.89. The fourth-order valence-electron chi connectivity index (χ4n) is 11.1. The number of rotatable bonds is 75. The summed E-state index contributed by atoms with van der Waals surface area (Å²) in [5, 5.41) is 0. The van der Waals surface area contributed by atoms with Crippen molar-refractivity contribution in [2.45, 2.75) is 341 Å². The van der Waals surface area contributed by atoms with Gasteiger partial charge in [-0.25, -0.2) is 4.57 Å². The number of hydrogen-bond acceptors (Lipinski definition) is 7. The highest BCUT2D eigenvalue weighted by atomic mass is 31.2. The number of phosphoric ester groups is 1. The molecular formula is C92H155NO8P+. The van der Waals surface area contributed by atoms with Gasteiger partial charge >= 0.3 is 19.8 Å². The number of allylic oxidation sites excluding steroid dienone is 30. The van der Waals surface area contributed by atoms with Crippen LogP contribution in [0.1, 0.15) is 335 Å². The summed E-state index contributed by atoms with van der Waals surface area (Å²) in [7, 11) is 1.45. The highest BCUT2D eigenvalue weighted by Gasteiger charge is 2.27. The van der Waals surface area contributed by atoms with Crippen molar-refractivity contribution < 1.29 is 42.1 Å². The zero-order valence-electron chi connectivity index (χ0n) is 66.3. The number of likely N-dealkylation sites (N-methyl/N-ethyl adjacent to an activating group) is 1. The summed E-state index contributed by atoms with van der Waals surface area (Å²) in [5.41, 5.74) is 0. The van der Waals surface area contributed by atoms with E-state index in [1.807, 2.05) is 21.1 Å². The van der Waals surface area contributed by atoms with Gasteiger partial charge in [-0.1, -0.05) is 363 Å². The third-order valence-corrected chi connectivity index (χ3v) is 18.4. The first kappa shape index (κ1) is 97.1. The van der Waals surface area contributed by atoms with Gasteiger partial charge in [-0.05, 0) is 141 Å². The number of ether oxygens (including phenoxy) is 2. The maximum atomic E-state index is 12.9. The Morgan fingerprint density at radius 2 is 0.559 bits per heavy atom. The first-order chi connectivity index (χ1) is 50.0. The summed E-state index contributed by atoms with van der Waals surface area (Å²) >= 11 is 0. The molecule has 0 rings (SSSR count). The first-order valence-corrected chi connectivity index (χ1v) is 43.0. The number of carbonyl (C=O) groups is 2. The van der Waals surface area contributed by atoms with Crippen LogP contribution in [0, 0.1) is 0 Å². The second-order valence-corrected chi connectivity index (χ2v) is 29.9. The molecule has 0 aromatic heterocycles. The van der Waals surface area contributed by atoms with Crippen molar-refractivity contribution in [3.05, 3.63) is 182 Å². The van der Waals surface area contributed by atoms with Crippen molar-refractivity contribution >= 4 is 19.8 Å². The van der Waals surface area contributed by atoms with Crippen LogP contribution in [-0.4, -0.2) is 74.9 Å². The van der Waals surface area contributed by atoms with Crippen LogP contribution in [0.2, 0.25) is 0 Å². The van der Waals surface area contributed by atoms with Crippen LogP contribution in [0.3, 0.4) is 0 Å². The number of esters is 2. The molecule has 0 heterocycles. The molecular weight excluding hydrogens is 1280 g/mol. The van der Waals surface area contributed by atoms with Crippen LogP contribution in [0.15, 0.2) is 182 Å². The SMILES string of the molecule is CC/C=C\C/C=C\C/C=C\C/C=C\C/C=C\C/C=C\C/C=C\C/C=C\C/C=C\C/C=C\C/C=C\C/C=C\CCCCCCC(=O)OC(COC(=O)CCCCCCCCCCCCCCCCCCCCCCCC/C=C\C/C=C\C/C=C\CCCCCCC)COP(=O)(O)OCC[N+](C)(C)C. The van der Waals surface area contributed by atoms with Gasteiger partial charge in [0.15, 0.2) is 6.10 Å². The van der Waals surface area contributed by atoms with Crippen molar-refractivity contribution in [3.8, 4) is 0 Å². The van der Waals surface area contributed by atoms with Crippen LogP contribution < -0.4 is 0 Å². The molecule has 0 aliphatic rings. The molecule has 580 valence electrons. The normalized spacial score (nSPS) is 14.0. The van der Waals surface area contributed by atoms with Gasteiger partial charge in [0, 0.05) is 12.8 Å². The Balaban J connectivity index is 4.07. The topological polar surface area (TPSA) is 108 Å². The number of phosphoric acid groups is 1. The highest BCUT2D eigenvalue weighted by molar-refractivity contribution is 7.47. The van der Waals surface area contributed by atoms with E-state index in [1.54, 1.807) is 0 Å². The number of carbonyl (C=O) groups excluding carboxylic acids is 2. The Morgan fingerprint density at radius 1 is 0.314 bits per heavy atom. The monoisotopic (exact) mass is 1430 g/mol.